The van der Waals surface area contributed by atoms with E-state index in [0.717, 1.165) is 19.8 Å². The third kappa shape index (κ3) is 0.689. The van der Waals surface area contributed by atoms with E-state index in [0.29, 0.717) is 5.92 Å². The predicted octanol–water partition coefficient (Wildman–Crippen LogP) is 0.353. The zero-order valence-corrected chi connectivity index (χ0v) is 5.42. The summed E-state index contributed by atoms with van der Waals surface area (Å²) >= 11 is 0. The van der Waals surface area contributed by atoms with E-state index in [4.69, 9.17) is 9.62 Å². The number of rotatable bonds is 1. The van der Waals surface area contributed by atoms with Crippen molar-refractivity contribution in [2.45, 2.75) is 12.5 Å². The maximum Gasteiger partial charge on any atom is 0.134 e. The summed E-state index contributed by atoms with van der Waals surface area (Å²) < 4.78 is 5.02. The van der Waals surface area contributed by atoms with Crippen LogP contribution in [0.5, 0.6) is 0 Å². The SMILES string of the molecule is CC1(C2COC2)COO1. The Morgan fingerprint density at radius 2 is 2.11 bits per heavy atom. The first kappa shape index (κ1) is 5.65. The molecule has 1 unspecified atom stereocenters. The van der Waals surface area contributed by atoms with Crippen LogP contribution in [0.4, 0.5) is 0 Å². The van der Waals surface area contributed by atoms with E-state index in [-0.39, 0.29) is 5.60 Å². The minimum Gasteiger partial charge on any atom is -0.380 e. The maximum atomic E-state index is 5.02. The molecule has 0 aliphatic carbocycles. The van der Waals surface area contributed by atoms with Gasteiger partial charge in [-0.25, -0.2) is 9.78 Å². The molecule has 0 aromatic heterocycles. The van der Waals surface area contributed by atoms with Crippen molar-refractivity contribution in [1.29, 1.82) is 0 Å². The molecule has 2 heterocycles. The van der Waals surface area contributed by atoms with E-state index in [1.165, 1.54) is 0 Å². The molecular formula is C6H10O3. The molecule has 2 rings (SSSR count). The first-order valence-corrected chi connectivity index (χ1v) is 3.20. The van der Waals surface area contributed by atoms with Gasteiger partial charge < -0.3 is 4.74 Å². The third-order valence-corrected chi connectivity index (χ3v) is 2.10. The summed E-state index contributed by atoms with van der Waals surface area (Å²) in [7, 11) is 0. The molecular weight excluding hydrogens is 120 g/mol. The van der Waals surface area contributed by atoms with Gasteiger partial charge in [-0.2, -0.15) is 0 Å². The average molecular weight is 130 g/mol. The van der Waals surface area contributed by atoms with Gasteiger partial charge in [-0.1, -0.05) is 0 Å². The van der Waals surface area contributed by atoms with Gasteiger partial charge in [0.15, 0.2) is 0 Å². The van der Waals surface area contributed by atoms with Gasteiger partial charge in [0.1, 0.15) is 12.2 Å². The van der Waals surface area contributed by atoms with Crippen molar-refractivity contribution in [2.75, 3.05) is 19.8 Å². The summed E-state index contributed by atoms with van der Waals surface area (Å²) in [5.74, 6) is 0.561. The van der Waals surface area contributed by atoms with Crippen molar-refractivity contribution < 1.29 is 14.5 Å². The second-order valence-corrected chi connectivity index (χ2v) is 2.89. The smallest absolute Gasteiger partial charge is 0.134 e. The molecule has 0 amide bonds. The molecule has 3 nitrogen and oxygen atoms in total. The Labute approximate surface area is 53.8 Å². The Kier molecular flexibility index (Phi) is 1.06. The summed E-state index contributed by atoms with van der Waals surface area (Å²) in [4.78, 5) is 9.58. The summed E-state index contributed by atoms with van der Waals surface area (Å²) in [5, 5.41) is 0. The van der Waals surface area contributed by atoms with Gasteiger partial charge >= 0.3 is 0 Å². The molecule has 0 N–H and O–H groups in total. The Morgan fingerprint density at radius 3 is 2.22 bits per heavy atom. The molecule has 0 radical (unpaired) electrons. The van der Waals surface area contributed by atoms with Gasteiger partial charge in [0.2, 0.25) is 0 Å². The summed E-state index contributed by atoms with van der Waals surface area (Å²) in [6, 6.07) is 0. The molecule has 2 aliphatic heterocycles. The van der Waals surface area contributed by atoms with Crippen molar-refractivity contribution >= 4 is 0 Å². The van der Waals surface area contributed by atoms with E-state index >= 15 is 0 Å². The van der Waals surface area contributed by atoms with Crippen LogP contribution in [0.25, 0.3) is 0 Å². The molecule has 0 bridgehead atoms. The lowest BCUT2D eigenvalue weighted by Crippen LogP contribution is -2.57. The maximum absolute atomic E-state index is 5.02. The van der Waals surface area contributed by atoms with Gasteiger partial charge in [-0.15, -0.1) is 0 Å². The molecule has 52 valence electrons. The highest BCUT2D eigenvalue weighted by molar-refractivity contribution is 4.89. The van der Waals surface area contributed by atoms with Crippen LogP contribution in [0.2, 0.25) is 0 Å². The van der Waals surface area contributed by atoms with Crippen LogP contribution in [0.3, 0.4) is 0 Å². The normalized spacial score (nSPS) is 43.7. The summed E-state index contributed by atoms with van der Waals surface area (Å²) in [6.45, 7) is 4.45. The predicted molar refractivity (Wildman–Crippen MR) is 29.8 cm³/mol. The van der Waals surface area contributed by atoms with E-state index in [1.807, 2.05) is 0 Å². The zero-order valence-electron chi connectivity index (χ0n) is 5.42. The van der Waals surface area contributed by atoms with E-state index in [9.17, 15) is 0 Å². The highest BCUT2D eigenvalue weighted by Gasteiger charge is 2.47. The lowest BCUT2D eigenvalue weighted by atomic mass is 9.87. The van der Waals surface area contributed by atoms with Gasteiger partial charge in [-0.3, -0.25) is 0 Å². The fraction of sp³-hybridized carbons (Fsp3) is 1.00. The Bertz CT molecular complexity index is 115. The zero-order chi connectivity index (χ0) is 6.32. The lowest BCUT2D eigenvalue weighted by molar-refractivity contribution is -0.487. The quantitative estimate of drug-likeness (QED) is 0.479. The van der Waals surface area contributed by atoms with Crippen LogP contribution < -0.4 is 0 Å². The number of ether oxygens (including phenoxy) is 1. The average Bonchev–Trinajstić information content (AvgIpc) is 1.56. The van der Waals surface area contributed by atoms with Gasteiger partial charge in [0.25, 0.3) is 0 Å². The molecule has 3 heteroatoms. The third-order valence-electron chi connectivity index (χ3n) is 2.10. The first-order chi connectivity index (χ1) is 4.31. The van der Waals surface area contributed by atoms with Crippen LogP contribution >= 0.6 is 0 Å². The van der Waals surface area contributed by atoms with Crippen LogP contribution in [0, 0.1) is 5.92 Å². The molecule has 0 spiro atoms. The molecule has 1 atom stereocenters. The van der Waals surface area contributed by atoms with Crippen LogP contribution in [-0.4, -0.2) is 25.4 Å². The lowest BCUT2D eigenvalue weighted by Gasteiger charge is -2.45. The monoisotopic (exact) mass is 130 g/mol. The largest absolute Gasteiger partial charge is 0.380 e. The molecule has 2 fully saturated rings. The minimum atomic E-state index is -0.0295. The fourth-order valence-electron chi connectivity index (χ4n) is 1.02. The molecule has 0 aromatic rings. The van der Waals surface area contributed by atoms with Crippen molar-refractivity contribution in [3.05, 3.63) is 0 Å². The summed E-state index contributed by atoms with van der Waals surface area (Å²) in [6.07, 6.45) is 0. The fourth-order valence-corrected chi connectivity index (χ4v) is 1.02. The second-order valence-electron chi connectivity index (χ2n) is 2.89. The molecule has 2 saturated heterocycles. The van der Waals surface area contributed by atoms with E-state index < -0.39 is 0 Å². The van der Waals surface area contributed by atoms with Crippen LogP contribution in [0.1, 0.15) is 6.92 Å². The van der Waals surface area contributed by atoms with Crippen molar-refractivity contribution in [2.24, 2.45) is 5.92 Å². The number of hydrogen-bond donors (Lipinski definition) is 0. The molecule has 9 heavy (non-hydrogen) atoms. The van der Waals surface area contributed by atoms with Crippen LogP contribution in [0.15, 0.2) is 0 Å². The van der Waals surface area contributed by atoms with E-state index in [1.54, 1.807) is 0 Å². The molecule has 0 saturated carbocycles. The van der Waals surface area contributed by atoms with E-state index in [2.05, 4.69) is 11.8 Å². The Hall–Kier alpha value is -0.120. The molecule has 0 aromatic carbocycles. The molecule has 2 aliphatic rings. The van der Waals surface area contributed by atoms with Gasteiger partial charge in [0.05, 0.1) is 13.2 Å². The standard InChI is InChI=1S/C6H10O3/c1-6(4-8-9-6)5-2-7-3-5/h5H,2-4H2,1H3. The highest BCUT2D eigenvalue weighted by Crippen LogP contribution is 2.34. The first-order valence-electron chi connectivity index (χ1n) is 3.20. The van der Waals surface area contributed by atoms with Gasteiger partial charge in [0, 0.05) is 5.92 Å². The Morgan fingerprint density at radius 1 is 1.44 bits per heavy atom. The van der Waals surface area contributed by atoms with Crippen LogP contribution in [-0.2, 0) is 14.5 Å². The number of hydrogen-bond acceptors (Lipinski definition) is 3. The summed E-state index contributed by atoms with van der Waals surface area (Å²) in [5.41, 5.74) is -0.0295. The van der Waals surface area contributed by atoms with Gasteiger partial charge in [-0.05, 0) is 6.92 Å². The van der Waals surface area contributed by atoms with Crippen molar-refractivity contribution in [1.82, 2.24) is 0 Å². The minimum absolute atomic E-state index is 0.0295. The van der Waals surface area contributed by atoms with Crippen molar-refractivity contribution in [3.63, 3.8) is 0 Å². The van der Waals surface area contributed by atoms with Crippen molar-refractivity contribution in [3.8, 4) is 0 Å². The second kappa shape index (κ2) is 1.68. The highest BCUT2D eigenvalue weighted by atomic mass is 17.2. The topological polar surface area (TPSA) is 27.7 Å². The Balaban J connectivity index is 1.94.